The molecule has 0 aromatic heterocycles. The number of ketones is 1. The zero-order chi connectivity index (χ0) is 11.6. The Morgan fingerprint density at radius 2 is 2.00 bits per heavy atom. The molecule has 1 fully saturated rings. The zero-order valence-electron chi connectivity index (χ0n) is 9.95. The van der Waals surface area contributed by atoms with Crippen molar-refractivity contribution in [2.75, 3.05) is 7.11 Å². The lowest BCUT2D eigenvalue weighted by Crippen LogP contribution is -2.37. The Labute approximate surface area is 96.6 Å². The van der Waals surface area contributed by atoms with E-state index < -0.39 is 5.60 Å². The quantitative estimate of drug-likeness (QED) is 0.728. The van der Waals surface area contributed by atoms with Gasteiger partial charge in [-0.15, -0.1) is 0 Å². The summed E-state index contributed by atoms with van der Waals surface area (Å²) >= 11 is 0. The smallest absolute Gasteiger partial charge is 0.194 e. The van der Waals surface area contributed by atoms with Crippen molar-refractivity contribution in [3.8, 4) is 0 Å². The van der Waals surface area contributed by atoms with Gasteiger partial charge in [0.1, 0.15) is 5.60 Å². The molecule has 0 spiro atoms. The van der Waals surface area contributed by atoms with Crippen LogP contribution in [-0.2, 0) is 4.74 Å². The second kappa shape index (κ2) is 4.38. The number of rotatable bonds is 3. The largest absolute Gasteiger partial charge is 0.370 e. The Balaban J connectivity index is 2.30. The van der Waals surface area contributed by atoms with Crippen molar-refractivity contribution in [3.05, 3.63) is 35.4 Å². The number of hydrogen-bond acceptors (Lipinski definition) is 2. The molecule has 0 N–H and O–H groups in total. The predicted octanol–water partition coefficient (Wildman–Crippen LogP) is 3.14. The number of ether oxygens (including phenoxy) is 1. The van der Waals surface area contributed by atoms with Crippen molar-refractivity contribution in [1.82, 2.24) is 0 Å². The maximum absolute atomic E-state index is 12.4. The third-order valence-electron chi connectivity index (χ3n) is 3.50. The monoisotopic (exact) mass is 218 g/mol. The van der Waals surface area contributed by atoms with E-state index in [1.807, 2.05) is 31.2 Å². The van der Waals surface area contributed by atoms with Crippen LogP contribution in [0.1, 0.15) is 41.6 Å². The first-order valence-corrected chi connectivity index (χ1v) is 5.84. The molecule has 0 bridgehead atoms. The summed E-state index contributed by atoms with van der Waals surface area (Å²) in [6.07, 6.45) is 3.89. The molecule has 0 amide bonds. The molecule has 86 valence electrons. The Bertz CT molecular complexity index is 389. The van der Waals surface area contributed by atoms with Crippen molar-refractivity contribution in [2.45, 2.75) is 38.2 Å². The van der Waals surface area contributed by atoms with Gasteiger partial charge < -0.3 is 4.74 Å². The van der Waals surface area contributed by atoms with Crippen LogP contribution in [0.15, 0.2) is 24.3 Å². The van der Waals surface area contributed by atoms with Crippen LogP contribution >= 0.6 is 0 Å². The molecule has 2 rings (SSSR count). The molecule has 1 aliphatic carbocycles. The molecule has 0 saturated heterocycles. The number of hydrogen-bond donors (Lipinski definition) is 0. The van der Waals surface area contributed by atoms with Crippen LogP contribution < -0.4 is 0 Å². The van der Waals surface area contributed by atoms with Gasteiger partial charge in [-0.1, -0.05) is 23.8 Å². The molecule has 0 aliphatic heterocycles. The van der Waals surface area contributed by atoms with Crippen molar-refractivity contribution in [2.24, 2.45) is 0 Å². The number of Topliss-reactive ketones (excluding diaryl/α,β-unsaturated/α-hetero) is 1. The normalized spacial score (nSPS) is 18.6. The van der Waals surface area contributed by atoms with Gasteiger partial charge in [-0.3, -0.25) is 4.79 Å². The molecule has 0 atom stereocenters. The number of aryl methyl sites for hydroxylation is 1. The van der Waals surface area contributed by atoms with E-state index in [0.29, 0.717) is 0 Å². The second-order valence-electron chi connectivity index (χ2n) is 4.60. The van der Waals surface area contributed by atoms with Crippen molar-refractivity contribution in [1.29, 1.82) is 0 Å². The Kier molecular flexibility index (Phi) is 3.10. The highest BCUT2D eigenvalue weighted by molar-refractivity contribution is 6.02. The molecule has 1 aromatic carbocycles. The van der Waals surface area contributed by atoms with E-state index in [2.05, 4.69) is 0 Å². The molecule has 16 heavy (non-hydrogen) atoms. The molecule has 1 aromatic rings. The van der Waals surface area contributed by atoms with Gasteiger partial charge in [0.2, 0.25) is 0 Å². The standard InChI is InChI=1S/C14H18O2/c1-11-6-5-7-12(10-11)13(15)14(16-2)8-3-4-9-14/h5-7,10H,3-4,8-9H2,1-2H3. The van der Waals surface area contributed by atoms with Gasteiger partial charge in [0, 0.05) is 12.7 Å². The predicted molar refractivity (Wildman–Crippen MR) is 63.7 cm³/mol. The van der Waals surface area contributed by atoms with Crippen LogP contribution in [0, 0.1) is 6.92 Å². The minimum Gasteiger partial charge on any atom is -0.370 e. The summed E-state index contributed by atoms with van der Waals surface area (Å²) in [6, 6.07) is 7.77. The fourth-order valence-electron chi connectivity index (χ4n) is 2.52. The summed E-state index contributed by atoms with van der Waals surface area (Å²) in [7, 11) is 1.65. The summed E-state index contributed by atoms with van der Waals surface area (Å²) in [4.78, 5) is 12.4. The van der Waals surface area contributed by atoms with Gasteiger partial charge in [-0.25, -0.2) is 0 Å². The fourth-order valence-corrected chi connectivity index (χ4v) is 2.52. The highest BCUT2D eigenvalue weighted by Gasteiger charge is 2.41. The van der Waals surface area contributed by atoms with Gasteiger partial charge in [-0.05, 0) is 38.7 Å². The first kappa shape index (κ1) is 11.3. The highest BCUT2D eigenvalue weighted by Crippen LogP contribution is 2.35. The number of carbonyl (C=O) groups excluding carboxylic acids is 1. The molecule has 0 radical (unpaired) electrons. The topological polar surface area (TPSA) is 26.3 Å². The molecular formula is C14H18O2. The third kappa shape index (κ3) is 1.90. The van der Waals surface area contributed by atoms with Crippen LogP contribution in [0.4, 0.5) is 0 Å². The van der Waals surface area contributed by atoms with E-state index in [1.54, 1.807) is 7.11 Å². The molecule has 2 heteroatoms. The second-order valence-corrected chi connectivity index (χ2v) is 4.60. The summed E-state index contributed by atoms with van der Waals surface area (Å²) in [6.45, 7) is 2.00. The van der Waals surface area contributed by atoms with Crippen LogP contribution in [0.2, 0.25) is 0 Å². The molecular weight excluding hydrogens is 200 g/mol. The first-order chi connectivity index (χ1) is 7.68. The molecule has 1 saturated carbocycles. The van der Waals surface area contributed by atoms with E-state index in [9.17, 15) is 4.79 Å². The van der Waals surface area contributed by atoms with Gasteiger partial charge in [0.15, 0.2) is 5.78 Å². The summed E-state index contributed by atoms with van der Waals surface area (Å²) < 4.78 is 5.51. The Morgan fingerprint density at radius 3 is 2.56 bits per heavy atom. The average molecular weight is 218 g/mol. The fraction of sp³-hybridized carbons (Fsp3) is 0.500. The lowest BCUT2D eigenvalue weighted by Gasteiger charge is -2.25. The van der Waals surface area contributed by atoms with Crippen molar-refractivity contribution < 1.29 is 9.53 Å². The average Bonchev–Trinajstić information content (AvgIpc) is 2.78. The summed E-state index contributed by atoms with van der Waals surface area (Å²) in [5.41, 5.74) is 1.35. The summed E-state index contributed by atoms with van der Waals surface area (Å²) in [5.74, 6) is 0.149. The van der Waals surface area contributed by atoms with E-state index in [-0.39, 0.29) is 5.78 Å². The number of benzene rings is 1. The Hall–Kier alpha value is -1.15. The molecule has 0 unspecified atom stereocenters. The lowest BCUT2D eigenvalue weighted by atomic mass is 9.90. The Morgan fingerprint density at radius 1 is 1.31 bits per heavy atom. The van der Waals surface area contributed by atoms with Crippen molar-refractivity contribution >= 4 is 5.78 Å². The van der Waals surface area contributed by atoms with Gasteiger partial charge >= 0.3 is 0 Å². The maximum atomic E-state index is 12.4. The summed E-state index contributed by atoms with van der Waals surface area (Å²) in [5, 5.41) is 0. The zero-order valence-corrected chi connectivity index (χ0v) is 9.95. The molecule has 0 heterocycles. The van der Waals surface area contributed by atoms with E-state index in [1.165, 1.54) is 0 Å². The lowest BCUT2D eigenvalue weighted by molar-refractivity contribution is 0.00602. The van der Waals surface area contributed by atoms with E-state index in [0.717, 1.165) is 36.8 Å². The molecule has 1 aliphatic rings. The SMILES string of the molecule is COC1(C(=O)c2cccc(C)c2)CCCC1. The third-order valence-corrected chi connectivity index (χ3v) is 3.50. The van der Waals surface area contributed by atoms with Crippen molar-refractivity contribution in [3.63, 3.8) is 0 Å². The van der Waals surface area contributed by atoms with E-state index in [4.69, 9.17) is 4.74 Å². The van der Waals surface area contributed by atoms with Gasteiger partial charge in [-0.2, -0.15) is 0 Å². The van der Waals surface area contributed by atoms with E-state index >= 15 is 0 Å². The van der Waals surface area contributed by atoms with Gasteiger partial charge in [0.25, 0.3) is 0 Å². The maximum Gasteiger partial charge on any atom is 0.194 e. The molecule has 2 nitrogen and oxygen atoms in total. The highest BCUT2D eigenvalue weighted by atomic mass is 16.5. The van der Waals surface area contributed by atoms with Crippen LogP contribution in [-0.4, -0.2) is 18.5 Å². The van der Waals surface area contributed by atoms with Crippen LogP contribution in [0.5, 0.6) is 0 Å². The van der Waals surface area contributed by atoms with Crippen LogP contribution in [0.3, 0.4) is 0 Å². The number of methoxy groups -OCH3 is 1. The minimum absolute atomic E-state index is 0.149. The van der Waals surface area contributed by atoms with Crippen LogP contribution in [0.25, 0.3) is 0 Å². The first-order valence-electron chi connectivity index (χ1n) is 5.84. The number of carbonyl (C=O) groups is 1. The minimum atomic E-state index is -0.548. The van der Waals surface area contributed by atoms with Gasteiger partial charge in [0.05, 0.1) is 0 Å².